The Morgan fingerprint density at radius 3 is 2.84 bits per heavy atom. The molecule has 0 aliphatic carbocycles. The molecule has 1 aliphatic heterocycles. The highest BCUT2D eigenvalue weighted by molar-refractivity contribution is 5.79. The molecule has 19 heavy (non-hydrogen) atoms. The van der Waals surface area contributed by atoms with E-state index in [1.54, 1.807) is 12.1 Å². The van der Waals surface area contributed by atoms with Crippen LogP contribution in [0.1, 0.15) is 12.0 Å². The van der Waals surface area contributed by atoms with Crippen LogP contribution in [0.5, 0.6) is 0 Å². The fourth-order valence-electron chi connectivity index (χ4n) is 2.59. The largest absolute Gasteiger partial charge is 0.383 e. The molecule has 0 fully saturated rings. The minimum absolute atomic E-state index is 0.206. The molecule has 0 spiro atoms. The van der Waals surface area contributed by atoms with Gasteiger partial charge in [-0.15, -0.1) is 0 Å². The summed E-state index contributed by atoms with van der Waals surface area (Å²) in [6, 6.07) is 13.0. The molecule has 0 amide bonds. The molecule has 1 N–H and O–H groups in total. The number of anilines is 3. The van der Waals surface area contributed by atoms with Gasteiger partial charge >= 0.3 is 0 Å². The number of aryl methyl sites for hydroxylation is 1. The maximum Gasteiger partial charge on any atom is 0.125 e. The van der Waals surface area contributed by atoms with Crippen LogP contribution in [0.15, 0.2) is 42.5 Å². The Bertz CT molecular complexity index is 595. The zero-order chi connectivity index (χ0) is 13.2. The van der Waals surface area contributed by atoms with Crippen LogP contribution in [0, 0.1) is 5.82 Å². The highest BCUT2D eigenvalue weighted by atomic mass is 19.1. The second-order valence-corrected chi connectivity index (χ2v) is 4.88. The average Bonchev–Trinajstić information content (AvgIpc) is 2.46. The third-order valence-corrected chi connectivity index (χ3v) is 3.61. The molecule has 0 saturated carbocycles. The summed E-state index contributed by atoms with van der Waals surface area (Å²) in [6.45, 7) is 1.00. The van der Waals surface area contributed by atoms with Crippen LogP contribution in [0.3, 0.4) is 0 Å². The number of halogens is 1. The van der Waals surface area contributed by atoms with Gasteiger partial charge in [0.15, 0.2) is 0 Å². The lowest BCUT2D eigenvalue weighted by Crippen LogP contribution is -2.17. The highest BCUT2D eigenvalue weighted by Gasteiger charge is 2.15. The van der Waals surface area contributed by atoms with E-state index in [2.05, 4.69) is 23.5 Å². The van der Waals surface area contributed by atoms with Crippen LogP contribution in [0.2, 0.25) is 0 Å². The fraction of sp³-hybridized carbons (Fsp3) is 0.250. The molecule has 0 atom stereocenters. The molecule has 3 rings (SSSR count). The molecule has 0 bridgehead atoms. The van der Waals surface area contributed by atoms with Gasteiger partial charge in [-0.05, 0) is 42.7 Å². The number of hydrogen-bond acceptors (Lipinski definition) is 2. The van der Waals surface area contributed by atoms with Crippen molar-refractivity contribution in [3.05, 3.63) is 53.8 Å². The van der Waals surface area contributed by atoms with Crippen LogP contribution < -0.4 is 10.2 Å². The van der Waals surface area contributed by atoms with Gasteiger partial charge in [0.25, 0.3) is 0 Å². The van der Waals surface area contributed by atoms with Crippen LogP contribution >= 0.6 is 0 Å². The second-order valence-electron chi connectivity index (χ2n) is 4.88. The molecule has 2 nitrogen and oxygen atoms in total. The van der Waals surface area contributed by atoms with Crippen molar-refractivity contribution in [2.75, 3.05) is 23.8 Å². The number of rotatable bonds is 2. The highest BCUT2D eigenvalue weighted by Crippen LogP contribution is 2.35. The van der Waals surface area contributed by atoms with Crippen LogP contribution in [0.4, 0.5) is 21.5 Å². The van der Waals surface area contributed by atoms with Gasteiger partial charge in [0.2, 0.25) is 0 Å². The summed E-state index contributed by atoms with van der Waals surface area (Å²) in [7, 11) is 1.97. The molecule has 1 heterocycles. The van der Waals surface area contributed by atoms with Gasteiger partial charge < -0.3 is 10.2 Å². The smallest absolute Gasteiger partial charge is 0.125 e. The fourth-order valence-corrected chi connectivity index (χ4v) is 2.59. The summed E-state index contributed by atoms with van der Waals surface area (Å²) < 4.78 is 13.3. The summed E-state index contributed by atoms with van der Waals surface area (Å²) in [5, 5.41) is 3.46. The van der Waals surface area contributed by atoms with Gasteiger partial charge in [0.05, 0.1) is 11.4 Å². The van der Waals surface area contributed by atoms with E-state index in [1.165, 1.54) is 23.7 Å². The zero-order valence-electron chi connectivity index (χ0n) is 11.0. The minimum atomic E-state index is -0.206. The Kier molecular flexibility index (Phi) is 3.11. The molecule has 1 aliphatic rings. The van der Waals surface area contributed by atoms with E-state index in [9.17, 15) is 4.39 Å². The van der Waals surface area contributed by atoms with Gasteiger partial charge in [-0.25, -0.2) is 4.39 Å². The first-order valence-corrected chi connectivity index (χ1v) is 6.61. The van der Waals surface area contributed by atoms with Gasteiger partial charge in [0, 0.05) is 19.3 Å². The topological polar surface area (TPSA) is 15.3 Å². The molecule has 0 aromatic heterocycles. The van der Waals surface area contributed by atoms with Crippen molar-refractivity contribution in [3.63, 3.8) is 0 Å². The Morgan fingerprint density at radius 1 is 1.16 bits per heavy atom. The quantitative estimate of drug-likeness (QED) is 0.875. The van der Waals surface area contributed by atoms with Crippen molar-refractivity contribution in [1.82, 2.24) is 0 Å². The predicted molar refractivity (Wildman–Crippen MR) is 77.7 cm³/mol. The Hall–Kier alpha value is -2.03. The number of hydrogen-bond donors (Lipinski definition) is 1. The standard InChI is InChI=1S/C16H17FN2/c1-19(14-8-3-7-13(17)11-14)15-9-2-5-12-6-4-10-18-16(12)15/h2-3,5,7-9,11,18H,4,6,10H2,1H3. The van der Waals surface area contributed by atoms with Crippen LogP contribution in [0.25, 0.3) is 0 Å². The molecule has 0 radical (unpaired) electrons. The van der Waals surface area contributed by atoms with Crippen molar-refractivity contribution in [2.45, 2.75) is 12.8 Å². The van der Waals surface area contributed by atoms with E-state index < -0.39 is 0 Å². The van der Waals surface area contributed by atoms with Gasteiger partial charge in [0.1, 0.15) is 5.82 Å². The molecule has 0 unspecified atom stereocenters. The van der Waals surface area contributed by atoms with E-state index in [0.717, 1.165) is 24.3 Å². The summed E-state index contributed by atoms with van der Waals surface area (Å²) in [4.78, 5) is 2.03. The lowest BCUT2D eigenvalue weighted by Gasteiger charge is -2.27. The van der Waals surface area contributed by atoms with Gasteiger partial charge in [-0.3, -0.25) is 0 Å². The van der Waals surface area contributed by atoms with Crippen LogP contribution in [-0.4, -0.2) is 13.6 Å². The number of nitrogens with one attached hydrogen (secondary N) is 1. The molecular weight excluding hydrogens is 239 g/mol. The minimum Gasteiger partial charge on any atom is -0.383 e. The molecule has 2 aromatic rings. The van der Waals surface area contributed by atoms with Crippen molar-refractivity contribution >= 4 is 17.1 Å². The summed E-state index contributed by atoms with van der Waals surface area (Å²) >= 11 is 0. The monoisotopic (exact) mass is 256 g/mol. The lowest BCUT2D eigenvalue weighted by atomic mass is 10.0. The van der Waals surface area contributed by atoms with E-state index in [0.29, 0.717) is 0 Å². The Labute approximate surface area is 112 Å². The lowest BCUT2D eigenvalue weighted by molar-refractivity contribution is 0.628. The van der Waals surface area contributed by atoms with Crippen LogP contribution in [-0.2, 0) is 6.42 Å². The van der Waals surface area contributed by atoms with Crippen molar-refractivity contribution in [2.24, 2.45) is 0 Å². The summed E-state index contributed by atoms with van der Waals surface area (Å²) in [6.07, 6.45) is 2.27. The molecule has 2 aromatic carbocycles. The summed E-state index contributed by atoms with van der Waals surface area (Å²) in [5.41, 5.74) is 4.48. The average molecular weight is 256 g/mol. The van der Waals surface area contributed by atoms with Crippen molar-refractivity contribution in [1.29, 1.82) is 0 Å². The molecular formula is C16H17FN2. The molecule has 0 saturated heterocycles. The van der Waals surface area contributed by atoms with Gasteiger partial charge in [-0.2, -0.15) is 0 Å². The van der Waals surface area contributed by atoms with Crippen molar-refractivity contribution < 1.29 is 4.39 Å². The molecule has 3 heteroatoms. The van der Waals surface area contributed by atoms with E-state index in [4.69, 9.17) is 0 Å². The maximum absolute atomic E-state index is 13.3. The van der Waals surface area contributed by atoms with E-state index in [1.807, 2.05) is 18.0 Å². The third-order valence-electron chi connectivity index (χ3n) is 3.61. The second kappa shape index (κ2) is 4.92. The SMILES string of the molecule is CN(c1cccc(F)c1)c1cccc2c1NCCC2. The number of fused-ring (bicyclic) bond motifs is 1. The first-order valence-electron chi connectivity index (χ1n) is 6.61. The van der Waals surface area contributed by atoms with Gasteiger partial charge in [-0.1, -0.05) is 18.2 Å². The first-order chi connectivity index (χ1) is 9.25. The number of benzene rings is 2. The Morgan fingerprint density at radius 2 is 2.00 bits per heavy atom. The number of nitrogens with zero attached hydrogens (tertiary/aromatic N) is 1. The Balaban J connectivity index is 2.02. The molecule has 98 valence electrons. The zero-order valence-corrected chi connectivity index (χ0v) is 11.0. The maximum atomic E-state index is 13.3. The van der Waals surface area contributed by atoms with E-state index in [-0.39, 0.29) is 5.82 Å². The number of para-hydroxylation sites is 1. The van der Waals surface area contributed by atoms with E-state index >= 15 is 0 Å². The predicted octanol–water partition coefficient (Wildman–Crippen LogP) is 3.95. The third kappa shape index (κ3) is 2.28. The summed E-state index contributed by atoms with van der Waals surface area (Å²) in [5.74, 6) is -0.206. The van der Waals surface area contributed by atoms with Crippen molar-refractivity contribution in [3.8, 4) is 0 Å². The first kappa shape index (κ1) is 12.0. The normalized spacial score (nSPS) is 13.6.